The first-order valence-corrected chi connectivity index (χ1v) is 11.0. The molecule has 2 aromatic heterocycles. The van der Waals surface area contributed by atoms with Crippen LogP contribution in [0.4, 0.5) is 8.78 Å². The Morgan fingerprint density at radius 3 is 2.57 bits per heavy atom. The normalized spacial score (nSPS) is 12.3. The van der Waals surface area contributed by atoms with Gasteiger partial charge in [-0.1, -0.05) is 18.1 Å². The molecule has 0 aliphatic carbocycles. The number of hydrogen-bond donors (Lipinski definition) is 3. The highest BCUT2D eigenvalue weighted by Gasteiger charge is 2.23. The summed E-state index contributed by atoms with van der Waals surface area (Å²) in [7, 11) is 0. The molecule has 1 amide bonds. The number of aromatic nitrogens is 3. The SMILES string of the molecule is CC(C)(O)C#Cc1ccc(-c2cccc3[nH]ncc23)c([C@H](CC(N)=O)Cc2cc(F)cc(F)c2)n1. The number of primary amides is 1. The number of fused-ring (bicyclic) bond motifs is 1. The number of halogens is 2. The summed E-state index contributed by atoms with van der Waals surface area (Å²) in [5.41, 5.74) is 7.95. The van der Waals surface area contributed by atoms with Crippen LogP contribution in [0.1, 0.15) is 43.1 Å². The van der Waals surface area contributed by atoms with E-state index in [1.807, 2.05) is 24.3 Å². The number of hydrogen-bond acceptors (Lipinski definition) is 4. The maximum absolute atomic E-state index is 13.9. The van der Waals surface area contributed by atoms with Gasteiger partial charge in [0.25, 0.3) is 0 Å². The molecule has 4 N–H and O–H groups in total. The summed E-state index contributed by atoms with van der Waals surface area (Å²) in [6.07, 6.45) is 1.73. The second kappa shape index (κ2) is 9.65. The maximum Gasteiger partial charge on any atom is 0.218 e. The van der Waals surface area contributed by atoms with Crippen LogP contribution in [0.3, 0.4) is 0 Å². The number of nitrogens with zero attached hydrogens (tertiary/aromatic N) is 2. The Morgan fingerprint density at radius 2 is 1.89 bits per heavy atom. The molecule has 0 fully saturated rings. The summed E-state index contributed by atoms with van der Waals surface area (Å²) in [6, 6.07) is 12.5. The van der Waals surface area contributed by atoms with Crippen molar-refractivity contribution in [3.05, 3.63) is 83.3 Å². The zero-order valence-corrected chi connectivity index (χ0v) is 19.3. The average Bonchev–Trinajstić information content (AvgIpc) is 3.25. The molecule has 2 aromatic carbocycles. The summed E-state index contributed by atoms with van der Waals surface area (Å²) in [6.45, 7) is 3.12. The van der Waals surface area contributed by atoms with Gasteiger partial charge in [0.1, 0.15) is 22.9 Å². The van der Waals surface area contributed by atoms with Crippen LogP contribution in [0.15, 0.2) is 54.7 Å². The van der Waals surface area contributed by atoms with Crippen LogP contribution in [0.2, 0.25) is 0 Å². The van der Waals surface area contributed by atoms with Crippen LogP contribution < -0.4 is 5.73 Å². The molecule has 8 heteroatoms. The highest BCUT2D eigenvalue weighted by atomic mass is 19.1. The highest BCUT2D eigenvalue weighted by molar-refractivity contribution is 5.95. The van der Waals surface area contributed by atoms with Gasteiger partial charge in [0.15, 0.2) is 0 Å². The Kier molecular flexibility index (Phi) is 6.63. The molecule has 0 unspecified atom stereocenters. The number of benzene rings is 2. The maximum atomic E-state index is 13.9. The van der Waals surface area contributed by atoms with Gasteiger partial charge in [-0.05, 0) is 67.6 Å². The van der Waals surface area contributed by atoms with Crippen LogP contribution >= 0.6 is 0 Å². The number of carbonyl (C=O) groups is 1. The number of aliphatic hydroxyl groups is 1. The lowest BCUT2D eigenvalue weighted by molar-refractivity contribution is -0.118. The quantitative estimate of drug-likeness (QED) is 0.364. The predicted molar refractivity (Wildman–Crippen MR) is 129 cm³/mol. The van der Waals surface area contributed by atoms with Crippen LogP contribution in [-0.2, 0) is 11.2 Å². The fourth-order valence-corrected chi connectivity index (χ4v) is 4.03. The van der Waals surface area contributed by atoms with Gasteiger partial charge in [-0.15, -0.1) is 0 Å². The van der Waals surface area contributed by atoms with Crippen LogP contribution in [0, 0.1) is 23.5 Å². The van der Waals surface area contributed by atoms with E-state index in [0.29, 0.717) is 22.5 Å². The van der Waals surface area contributed by atoms with E-state index in [4.69, 9.17) is 10.7 Å². The molecule has 0 spiro atoms. The molecule has 2 heterocycles. The number of aromatic amines is 1. The topological polar surface area (TPSA) is 105 Å². The Balaban J connectivity index is 1.90. The average molecular weight is 475 g/mol. The Morgan fingerprint density at radius 1 is 1.14 bits per heavy atom. The number of H-pyrrole nitrogens is 1. The lowest BCUT2D eigenvalue weighted by atomic mass is 9.87. The molecule has 0 saturated carbocycles. The molecular weight excluding hydrogens is 450 g/mol. The zero-order valence-electron chi connectivity index (χ0n) is 19.3. The van der Waals surface area contributed by atoms with E-state index in [2.05, 4.69) is 22.0 Å². The number of rotatable bonds is 6. The van der Waals surface area contributed by atoms with Crippen molar-refractivity contribution in [2.24, 2.45) is 5.73 Å². The molecule has 0 radical (unpaired) electrons. The number of pyridine rings is 1. The third-order valence-electron chi connectivity index (χ3n) is 5.43. The summed E-state index contributed by atoms with van der Waals surface area (Å²) >= 11 is 0. The molecule has 4 aromatic rings. The van der Waals surface area contributed by atoms with Gasteiger partial charge in [-0.3, -0.25) is 9.89 Å². The van der Waals surface area contributed by atoms with E-state index >= 15 is 0 Å². The first kappa shape index (κ1) is 24.0. The summed E-state index contributed by atoms with van der Waals surface area (Å²) in [5, 5.41) is 17.9. The molecule has 0 aliphatic rings. The fraction of sp³-hybridized carbons (Fsp3) is 0.222. The van der Waals surface area contributed by atoms with Crippen LogP contribution in [0.5, 0.6) is 0 Å². The summed E-state index contributed by atoms with van der Waals surface area (Å²) in [5.74, 6) is 3.01. The lowest BCUT2D eigenvalue weighted by Crippen LogP contribution is -2.19. The van der Waals surface area contributed by atoms with Crippen molar-refractivity contribution in [1.29, 1.82) is 0 Å². The molecule has 178 valence electrons. The second-order valence-electron chi connectivity index (χ2n) is 8.92. The van der Waals surface area contributed by atoms with Gasteiger partial charge in [-0.25, -0.2) is 13.8 Å². The minimum absolute atomic E-state index is 0.0954. The zero-order chi connectivity index (χ0) is 25.2. The Hall–Kier alpha value is -4.09. The van der Waals surface area contributed by atoms with E-state index in [-0.39, 0.29) is 12.8 Å². The third-order valence-corrected chi connectivity index (χ3v) is 5.43. The van der Waals surface area contributed by atoms with Crippen LogP contribution in [0.25, 0.3) is 22.0 Å². The van der Waals surface area contributed by atoms with Gasteiger partial charge in [0, 0.05) is 29.4 Å². The van der Waals surface area contributed by atoms with Gasteiger partial charge in [0.05, 0.1) is 17.4 Å². The van der Waals surface area contributed by atoms with Crippen LogP contribution in [-0.4, -0.2) is 31.8 Å². The van der Waals surface area contributed by atoms with E-state index in [0.717, 1.165) is 22.5 Å². The minimum Gasteiger partial charge on any atom is -0.378 e. The highest BCUT2D eigenvalue weighted by Crippen LogP contribution is 2.35. The summed E-state index contributed by atoms with van der Waals surface area (Å²) in [4.78, 5) is 16.8. The number of amides is 1. The second-order valence-corrected chi connectivity index (χ2v) is 8.92. The van der Waals surface area contributed by atoms with Crippen molar-refractivity contribution in [2.45, 2.75) is 38.2 Å². The fourth-order valence-electron chi connectivity index (χ4n) is 4.03. The minimum atomic E-state index is -1.23. The van der Waals surface area contributed by atoms with E-state index in [9.17, 15) is 18.7 Å². The largest absolute Gasteiger partial charge is 0.378 e. The van der Waals surface area contributed by atoms with E-state index < -0.39 is 29.1 Å². The molecule has 6 nitrogen and oxygen atoms in total. The van der Waals surface area contributed by atoms with Gasteiger partial charge >= 0.3 is 0 Å². The smallest absolute Gasteiger partial charge is 0.218 e. The standard InChI is InChI=1S/C27H24F2N4O2/c1-27(2,35)9-8-20-6-7-22(21-4-3-5-24-23(21)15-31-33-24)26(32-20)17(13-25(30)34)10-16-11-18(28)14-19(29)12-16/h3-7,11-12,14-15,17,35H,10,13H2,1-2H3,(H2,30,34)(H,31,33)/t17-/m0/s1. The molecule has 1 atom stereocenters. The van der Waals surface area contributed by atoms with Crippen molar-refractivity contribution >= 4 is 16.8 Å². The van der Waals surface area contributed by atoms with E-state index in [1.165, 1.54) is 12.1 Å². The molecule has 35 heavy (non-hydrogen) atoms. The van der Waals surface area contributed by atoms with Gasteiger partial charge in [-0.2, -0.15) is 5.10 Å². The van der Waals surface area contributed by atoms with Crippen molar-refractivity contribution in [3.8, 4) is 23.0 Å². The van der Waals surface area contributed by atoms with Crippen molar-refractivity contribution < 1.29 is 18.7 Å². The van der Waals surface area contributed by atoms with Crippen molar-refractivity contribution in [2.75, 3.05) is 0 Å². The number of carbonyl (C=O) groups excluding carboxylic acids is 1. The molecular formula is C27H24F2N4O2. The molecule has 0 aliphatic heterocycles. The lowest BCUT2D eigenvalue weighted by Gasteiger charge is -2.20. The molecule has 0 bridgehead atoms. The first-order chi connectivity index (χ1) is 16.6. The first-order valence-electron chi connectivity index (χ1n) is 11.0. The van der Waals surface area contributed by atoms with Crippen molar-refractivity contribution in [3.63, 3.8) is 0 Å². The van der Waals surface area contributed by atoms with Gasteiger partial charge < -0.3 is 10.8 Å². The van der Waals surface area contributed by atoms with Gasteiger partial charge in [0.2, 0.25) is 5.91 Å². The monoisotopic (exact) mass is 474 g/mol. The van der Waals surface area contributed by atoms with Crippen molar-refractivity contribution in [1.82, 2.24) is 15.2 Å². The molecule has 0 saturated heterocycles. The van der Waals surface area contributed by atoms with E-state index in [1.54, 1.807) is 26.1 Å². The molecule has 4 rings (SSSR count). The predicted octanol–water partition coefficient (Wildman–Crippen LogP) is 4.23. The third kappa shape index (κ3) is 5.89. The number of nitrogens with one attached hydrogen (secondary N) is 1. The Labute approximate surface area is 201 Å². The summed E-state index contributed by atoms with van der Waals surface area (Å²) < 4.78 is 27.8. The number of nitrogens with two attached hydrogens (primary N) is 1. The Bertz CT molecular complexity index is 1440.